The molecule has 1 nitrogen and oxygen atoms in total. The molecule has 1 N–H and O–H groups in total. The zero-order valence-electron chi connectivity index (χ0n) is 9.17. The van der Waals surface area contributed by atoms with Crippen LogP contribution in [-0.4, -0.2) is 5.11 Å². The van der Waals surface area contributed by atoms with Gasteiger partial charge in [-0.2, -0.15) is 0 Å². The minimum Gasteiger partial charge on any atom is -0.392 e. The van der Waals surface area contributed by atoms with Gasteiger partial charge in [0.25, 0.3) is 0 Å². The van der Waals surface area contributed by atoms with Crippen molar-refractivity contribution >= 4 is 5.57 Å². The molecule has 76 valence electrons. The Kier molecular flexibility index (Phi) is 3.12. The van der Waals surface area contributed by atoms with Crippen molar-refractivity contribution in [2.45, 2.75) is 27.4 Å². The average Bonchev–Trinajstić information content (AvgIpc) is 2.15. The molecule has 1 aromatic rings. The van der Waals surface area contributed by atoms with E-state index >= 15 is 0 Å². The Bertz CT molecular complexity index is 331. The van der Waals surface area contributed by atoms with Gasteiger partial charge in [0.15, 0.2) is 0 Å². The molecule has 0 aliphatic carbocycles. The third-order valence-electron chi connectivity index (χ3n) is 2.42. The van der Waals surface area contributed by atoms with Gasteiger partial charge in [-0.05, 0) is 22.1 Å². The van der Waals surface area contributed by atoms with Gasteiger partial charge in [-0.15, -0.1) is 0 Å². The highest BCUT2D eigenvalue weighted by Gasteiger charge is 2.18. The van der Waals surface area contributed by atoms with E-state index in [4.69, 9.17) is 0 Å². The van der Waals surface area contributed by atoms with Gasteiger partial charge in [-0.1, -0.05) is 51.6 Å². The Balaban J connectivity index is 3.13. The molecule has 1 aromatic carbocycles. The fraction of sp³-hybridized carbons (Fsp3) is 0.385. The second-order valence-corrected chi connectivity index (χ2v) is 4.54. The molecular weight excluding hydrogens is 172 g/mol. The van der Waals surface area contributed by atoms with Crippen LogP contribution in [0.5, 0.6) is 0 Å². The van der Waals surface area contributed by atoms with Crippen LogP contribution in [-0.2, 0) is 6.61 Å². The molecule has 14 heavy (non-hydrogen) atoms. The molecule has 0 aromatic heterocycles. The van der Waals surface area contributed by atoms with E-state index in [1.807, 2.05) is 24.3 Å². The van der Waals surface area contributed by atoms with Crippen LogP contribution < -0.4 is 0 Å². The number of hydrogen-bond acceptors (Lipinski definition) is 1. The molecule has 0 saturated carbocycles. The van der Waals surface area contributed by atoms with Crippen LogP contribution in [0.3, 0.4) is 0 Å². The fourth-order valence-corrected chi connectivity index (χ4v) is 1.36. The number of aliphatic hydroxyl groups excluding tert-OH is 1. The van der Waals surface area contributed by atoms with E-state index in [2.05, 4.69) is 27.4 Å². The van der Waals surface area contributed by atoms with Gasteiger partial charge in [-0.3, -0.25) is 0 Å². The minimum atomic E-state index is 0.0469. The average molecular weight is 190 g/mol. The maximum Gasteiger partial charge on any atom is 0.0687 e. The zero-order valence-corrected chi connectivity index (χ0v) is 9.17. The zero-order chi connectivity index (χ0) is 10.8. The number of allylic oxidation sites excluding steroid dienone is 1. The summed E-state index contributed by atoms with van der Waals surface area (Å²) < 4.78 is 0. The molecule has 0 spiro atoms. The lowest BCUT2D eigenvalue weighted by atomic mass is 9.82. The van der Waals surface area contributed by atoms with E-state index in [-0.39, 0.29) is 12.0 Å². The van der Waals surface area contributed by atoms with Gasteiger partial charge >= 0.3 is 0 Å². The van der Waals surface area contributed by atoms with Crippen LogP contribution in [0.1, 0.15) is 31.9 Å². The molecule has 0 radical (unpaired) electrons. The number of aliphatic hydroxyl groups is 1. The largest absolute Gasteiger partial charge is 0.392 e. The third kappa shape index (κ3) is 2.24. The first-order valence-electron chi connectivity index (χ1n) is 4.85. The van der Waals surface area contributed by atoms with Crippen LogP contribution in [0.25, 0.3) is 5.57 Å². The molecule has 0 fully saturated rings. The standard InChI is InChI=1S/C13H18O/c1-10(13(2,3)4)12-8-6-5-7-11(12)9-14/h5-8,14H,1,9H2,2-4H3. The summed E-state index contributed by atoms with van der Waals surface area (Å²) in [6, 6.07) is 7.86. The monoisotopic (exact) mass is 190 g/mol. The van der Waals surface area contributed by atoms with Crippen LogP contribution in [0.4, 0.5) is 0 Å². The molecule has 0 unspecified atom stereocenters. The molecule has 0 amide bonds. The van der Waals surface area contributed by atoms with Crippen LogP contribution >= 0.6 is 0 Å². The van der Waals surface area contributed by atoms with Crippen molar-refractivity contribution in [3.8, 4) is 0 Å². The first kappa shape index (κ1) is 11.0. The van der Waals surface area contributed by atoms with Crippen molar-refractivity contribution in [3.05, 3.63) is 42.0 Å². The van der Waals surface area contributed by atoms with Crippen molar-refractivity contribution < 1.29 is 5.11 Å². The Morgan fingerprint density at radius 1 is 1.29 bits per heavy atom. The van der Waals surface area contributed by atoms with Gasteiger partial charge in [0.2, 0.25) is 0 Å². The highest BCUT2D eigenvalue weighted by molar-refractivity contribution is 5.69. The van der Waals surface area contributed by atoms with Gasteiger partial charge in [0, 0.05) is 0 Å². The van der Waals surface area contributed by atoms with E-state index in [0.717, 1.165) is 16.7 Å². The van der Waals surface area contributed by atoms with Gasteiger partial charge in [-0.25, -0.2) is 0 Å². The molecule has 0 atom stereocenters. The van der Waals surface area contributed by atoms with Crippen molar-refractivity contribution in [3.63, 3.8) is 0 Å². The molecule has 0 heterocycles. The van der Waals surface area contributed by atoms with E-state index < -0.39 is 0 Å². The minimum absolute atomic E-state index is 0.0469. The number of benzene rings is 1. The maximum atomic E-state index is 9.19. The summed E-state index contributed by atoms with van der Waals surface area (Å²) in [7, 11) is 0. The first-order valence-corrected chi connectivity index (χ1v) is 4.85. The first-order chi connectivity index (χ1) is 6.46. The summed E-state index contributed by atoms with van der Waals surface area (Å²) in [5.41, 5.74) is 3.14. The van der Waals surface area contributed by atoms with Crippen molar-refractivity contribution in [2.24, 2.45) is 5.41 Å². The van der Waals surface area contributed by atoms with Gasteiger partial charge in [0.1, 0.15) is 0 Å². The molecule has 1 rings (SSSR count). The van der Waals surface area contributed by atoms with Crippen molar-refractivity contribution in [2.75, 3.05) is 0 Å². The van der Waals surface area contributed by atoms with E-state index in [1.54, 1.807) is 0 Å². The molecule has 1 heteroatoms. The topological polar surface area (TPSA) is 20.2 Å². The predicted molar refractivity (Wildman–Crippen MR) is 60.9 cm³/mol. The molecule has 0 saturated heterocycles. The van der Waals surface area contributed by atoms with Gasteiger partial charge < -0.3 is 5.11 Å². The van der Waals surface area contributed by atoms with Crippen LogP contribution in [0, 0.1) is 5.41 Å². The number of hydrogen-bond donors (Lipinski definition) is 1. The fourth-order valence-electron chi connectivity index (χ4n) is 1.36. The summed E-state index contributed by atoms with van der Waals surface area (Å²) >= 11 is 0. The lowest BCUT2D eigenvalue weighted by Crippen LogP contribution is -2.09. The highest BCUT2D eigenvalue weighted by Crippen LogP contribution is 2.33. The predicted octanol–water partition coefficient (Wildman–Crippen LogP) is 3.24. The van der Waals surface area contributed by atoms with Gasteiger partial charge in [0.05, 0.1) is 6.61 Å². The lowest BCUT2D eigenvalue weighted by Gasteiger charge is -2.23. The van der Waals surface area contributed by atoms with Crippen LogP contribution in [0.15, 0.2) is 30.8 Å². The molecule has 0 aliphatic rings. The quantitative estimate of drug-likeness (QED) is 0.759. The SMILES string of the molecule is C=C(c1ccccc1CO)C(C)(C)C. The Morgan fingerprint density at radius 3 is 2.36 bits per heavy atom. The summed E-state index contributed by atoms with van der Waals surface area (Å²) in [5, 5.41) is 9.19. The summed E-state index contributed by atoms with van der Waals surface area (Å²) in [6.45, 7) is 10.6. The smallest absolute Gasteiger partial charge is 0.0687 e. The van der Waals surface area contributed by atoms with Crippen molar-refractivity contribution in [1.29, 1.82) is 0 Å². The highest BCUT2D eigenvalue weighted by atomic mass is 16.3. The number of rotatable bonds is 2. The molecular formula is C13H18O. The Labute approximate surface area is 86.1 Å². The summed E-state index contributed by atoms with van der Waals surface area (Å²) in [4.78, 5) is 0. The Hall–Kier alpha value is -1.08. The molecule has 0 aliphatic heterocycles. The molecule has 0 bridgehead atoms. The second kappa shape index (κ2) is 3.97. The maximum absolute atomic E-state index is 9.19. The summed E-state index contributed by atoms with van der Waals surface area (Å²) in [6.07, 6.45) is 0. The van der Waals surface area contributed by atoms with E-state index in [9.17, 15) is 5.11 Å². The second-order valence-electron chi connectivity index (χ2n) is 4.54. The van der Waals surface area contributed by atoms with Crippen molar-refractivity contribution in [1.82, 2.24) is 0 Å². The third-order valence-corrected chi connectivity index (χ3v) is 2.42. The van der Waals surface area contributed by atoms with Crippen LogP contribution in [0.2, 0.25) is 0 Å². The normalized spacial score (nSPS) is 11.4. The summed E-state index contributed by atoms with van der Waals surface area (Å²) in [5.74, 6) is 0. The van der Waals surface area contributed by atoms with E-state index in [0.29, 0.717) is 0 Å². The van der Waals surface area contributed by atoms with E-state index in [1.165, 1.54) is 0 Å². The lowest BCUT2D eigenvalue weighted by molar-refractivity contribution is 0.281. The Morgan fingerprint density at radius 2 is 1.86 bits per heavy atom.